The van der Waals surface area contributed by atoms with Crippen LogP contribution in [0.2, 0.25) is 0 Å². The number of aryl methyl sites for hydroxylation is 5. The van der Waals surface area contributed by atoms with Crippen LogP contribution in [0.3, 0.4) is 0 Å². The van der Waals surface area contributed by atoms with Gasteiger partial charge in [0.05, 0.1) is 11.4 Å². The standard InChI is InChI=1S/C79H62N2/c1-53-12-22-58(23-13-53)26-28-60-30-42-66(43-31-60)81(67-44-32-61(33-45-67)29-27-59-24-14-54(2)15-25-59)77-51-49-72-71-48-50-76(73-10-6-8-69(78(71)73)70-9-7-11-74(77)79(70)72)80(65-40-20-57(5)21-41-65)68-46-34-62(35-47-68)52-75(63-36-16-55(3)17-37-63)64-38-18-56(4)19-39-64/h6-52H,1-5H3/b28-26+,29-27+. The molecule has 13 aromatic rings. The number of benzene rings is 13. The summed E-state index contributed by atoms with van der Waals surface area (Å²) in [5, 5.41) is 9.89. The molecular formula is C79H62N2. The maximum atomic E-state index is 2.43. The fraction of sp³-hybridized carbons (Fsp3) is 0.0633. The Hall–Kier alpha value is -10.0. The van der Waals surface area contributed by atoms with Gasteiger partial charge in [-0.05, 0) is 178 Å². The first-order chi connectivity index (χ1) is 39.7. The summed E-state index contributed by atoms with van der Waals surface area (Å²) in [4.78, 5) is 4.86. The molecular weight excluding hydrogens is 977 g/mol. The number of fused-ring (bicyclic) bond motifs is 2. The van der Waals surface area contributed by atoms with Gasteiger partial charge in [-0.3, -0.25) is 0 Å². The average molecular weight is 1040 g/mol. The Kier molecular flexibility index (Phi) is 13.5. The first-order valence-corrected chi connectivity index (χ1v) is 28.1. The van der Waals surface area contributed by atoms with Crippen molar-refractivity contribution in [2.24, 2.45) is 0 Å². The second kappa shape index (κ2) is 21.7. The third kappa shape index (κ3) is 10.2. The molecule has 81 heavy (non-hydrogen) atoms. The Morgan fingerprint density at radius 3 is 0.852 bits per heavy atom. The van der Waals surface area contributed by atoms with Gasteiger partial charge in [0.2, 0.25) is 0 Å². The summed E-state index contributed by atoms with van der Waals surface area (Å²) in [7, 11) is 0. The van der Waals surface area contributed by atoms with E-state index in [4.69, 9.17) is 0 Å². The molecule has 0 spiro atoms. The SMILES string of the molecule is Cc1ccc(/C=C/c2ccc(N(c3ccc(/C=C/c4ccc(C)cc4)cc3)c3ccc4c5ccc(N(c6ccc(C)cc6)c6ccc(C=C(c7ccc(C)cc7)c7ccc(C)cc7)cc6)c6cccc(c7cccc3c74)c65)cc2)cc1. The predicted molar refractivity (Wildman–Crippen MR) is 351 cm³/mol. The van der Waals surface area contributed by atoms with Crippen LogP contribution in [0.1, 0.15) is 66.8 Å². The molecule has 13 aromatic carbocycles. The van der Waals surface area contributed by atoms with Crippen LogP contribution in [-0.2, 0) is 0 Å². The van der Waals surface area contributed by atoms with Gasteiger partial charge < -0.3 is 9.80 Å². The van der Waals surface area contributed by atoms with Crippen molar-refractivity contribution in [3.05, 3.63) is 322 Å². The Morgan fingerprint density at radius 2 is 0.506 bits per heavy atom. The Labute approximate surface area is 476 Å². The topological polar surface area (TPSA) is 6.48 Å². The number of hydrogen-bond donors (Lipinski definition) is 0. The largest absolute Gasteiger partial charge is 0.310 e. The van der Waals surface area contributed by atoms with E-state index in [1.807, 2.05) is 0 Å². The van der Waals surface area contributed by atoms with Crippen molar-refractivity contribution in [3.63, 3.8) is 0 Å². The molecule has 2 heteroatoms. The molecule has 0 fully saturated rings. The highest BCUT2D eigenvalue weighted by molar-refractivity contribution is 6.35. The molecule has 0 unspecified atom stereocenters. The van der Waals surface area contributed by atoms with Crippen molar-refractivity contribution >= 4 is 113 Å². The summed E-state index contributed by atoms with van der Waals surface area (Å²) < 4.78 is 0. The fourth-order valence-electron chi connectivity index (χ4n) is 11.5. The predicted octanol–water partition coefficient (Wildman–Crippen LogP) is 22.1. The summed E-state index contributed by atoms with van der Waals surface area (Å²) in [6, 6.07) is 94.2. The van der Waals surface area contributed by atoms with E-state index in [1.165, 1.54) is 98.7 Å². The van der Waals surface area contributed by atoms with Gasteiger partial charge in [0, 0.05) is 33.5 Å². The van der Waals surface area contributed by atoms with E-state index in [0.717, 1.165) is 50.8 Å². The van der Waals surface area contributed by atoms with Crippen molar-refractivity contribution < 1.29 is 0 Å². The quantitative estimate of drug-likeness (QED) is 0.0645. The second-order valence-corrected chi connectivity index (χ2v) is 21.8. The van der Waals surface area contributed by atoms with Crippen molar-refractivity contribution in [1.82, 2.24) is 0 Å². The van der Waals surface area contributed by atoms with Crippen LogP contribution < -0.4 is 9.80 Å². The minimum Gasteiger partial charge on any atom is -0.310 e. The van der Waals surface area contributed by atoms with E-state index in [2.05, 4.69) is 330 Å². The molecule has 0 aromatic heterocycles. The minimum absolute atomic E-state index is 1.09. The van der Waals surface area contributed by atoms with Gasteiger partial charge in [0.25, 0.3) is 0 Å². The lowest BCUT2D eigenvalue weighted by atomic mass is 9.88. The molecule has 0 radical (unpaired) electrons. The van der Waals surface area contributed by atoms with E-state index >= 15 is 0 Å². The molecule has 388 valence electrons. The number of rotatable bonds is 13. The molecule has 2 nitrogen and oxygen atoms in total. The summed E-state index contributed by atoms with van der Waals surface area (Å²) >= 11 is 0. The van der Waals surface area contributed by atoms with Crippen LogP contribution in [0.4, 0.5) is 34.1 Å². The third-order valence-corrected chi connectivity index (χ3v) is 16.0. The summed E-state index contributed by atoms with van der Waals surface area (Å²) in [6.45, 7) is 10.7. The van der Waals surface area contributed by atoms with Crippen molar-refractivity contribution in [2.75, 3.05) is 9.80 Å². The first-order valence-electron chi connectivity index (χ1n) is 28.1. The van der Waals surface area contributed by atoms with Gasteiger partial charge in [-0.2, -0.15) is 0 Å². The Morgan fingerprint density at radius 1 is 0.247 bits per heavy atom. The molecule has 0 atom stereocenters. The van der Waals surface area contributed by atoms with E-state index in [0.29, 0.717) is 0 Å². The van der Waals surface area contributed by atoms with Crippen molar-refractivity contribution in [2.45, 2.75) is 34.6 Å². The fourth-order valence-corrected chi connectivity index (χ4v) is 11.5. The molecule has 0 bridgehead atoms. The zero-order valence-corrected chi connectivity index (χ0v) is 46.5. The smallest absolute Gasteiger partial charge is 0.0540 e. The van der Waals surface area contributed by atoms with E-state index < -0.39 is 0 Å². The number of nitrogens with zero attached hydrogens (tertiary/aromatic N) is 2. The van der Waals surface area contributed by atoms with E-state index in [-0.39, 0.29) is 0 Å². The minimum atomic E-state index is 1.09. The van der Waals surface area contributed by atoms with Gasteiger partial charge in [-0.15, -0.1) is 0 Å². The molecule has 0 aliphatic heterocycles. The summed E-state index contributed by atoms with van der Waals surface area (Å²) in [6.07, 6.45) is 11.1. The monoisotopic (exact) mass is 1040 g/mol. The highest BCUT2D eigenvalue weighted by Crippen LogP contribution is 2.49. The molecule has 13 rings (SSSR count). The zero-order chi connectivity index (χ0) is 55.0. The highest BCUT2D eigenvalue weighted by atomic mass is 15.1. The van der Waals surface area contributed by atoms with Crippen LogP contribution >= 0.6 is 0 Å². The highest BCUT2D eigenvalue weighted by Gasteiger charge is 2.23. The van der Waals surface area contributed by atoms with Gasteiger partial charge >= 0.3 is 0 Å². The molecule has 0 saturated carbocycles. The normalized spacial score (nSPS) is 11.7. The molecule has 0 heterocycles. The van der Waals surface area contributed by atoms with Crippen LogP contribution in [0, 0.1) is 34.6 Å². The zero-order valence-electron chi connectivity index (χ0n) is 46.5. The van der Waals surface area contributed by atoms with E-state index in [1.54, 1.807) is 0 Å². The Balaban J connectivity index is 0.920. The average Bonchev–Trinajstić information content (AvgIpc) is 2.96. The van der Waals surface area contributed by atoms with Crippen LogP contribution in [0.15, 0.2) is 255 Å². The number of hydrogen-bond acceptors (Lipinski definition) is 2. The Bertz CT molecular complexity index is 4300. The van der Waals surface area contributed by atoms with Crippen molar-refractivity contribution in [3.8, 4) is 0 Å². The maximum Gasteiger partial charge on any atom is 0.0540 e. The second-order valence-electron chi connectivity index (χ2n) is 21.8. The lowest BCUT2D eigenvalue weighted by molar-refractivity contribution is 1.29. The van der Waals surface area contributed by atoms with Crippen molar-refractivity contribution in [1.29, 1.82) is 0 Å². The first kappa shape index (κ1) is 50.5. The number of anilines is 6. The lowest BCUT2D eigenvalue weighted by Gasteiger charge is -2.29. The molecule has 0 aliphatic rings. The lowest BCUT2D eigenvalue weighted by Crippen LogP contribution is -2.11. The molecule has 0 N–H and O–H groups in total. The van der Waals surface area contributed by atoms with Gasteiger partial charge in [-0.1, -0.05) is 246 Å². The summed E-state index contributed by atoms with van der Waals surface area (Å²) in [5.74, 6) is 0. The van der Waals surface area contributed by atoms with E-state index in [9.17, 15) is 0 Å². The molecule has 0 saturated heterocycles. The van der Waals surface area contributed by atoms with Crippen LogP contribution in [0.25, 0.3) is 79.0 Å². The summed E-state index contributed by atoms with van der Waals surface area (Å²) in [5.41, 5.74) is 22.3. The van der Waals surface area contributed by atoms with Gasteiger partial charge in [-0.25, -0.2) is 0 Å². The van der Waals surface area contributed by atoms with Crippen LogP contribution in [-0.4, -0.2) is 0 Å². The van der Waals surface area contributed by atoms with Gasteiger partial charge in [0.15, 0.2) is 0 Å². The van der Waals surface area contributed by atoms with Gasteiger partial charge in [0.1, 0.15) is 0 Å². The maximum absolute atomic E-state index is 2.43. The molecule has 0 amide bonds. The molecule has 0 aliphatic carbocycles. The van der Waals surface area contributed by atoms with Crippen LogP contribution in [0.5, 0.6) is 0 Å². The third-order valence-electron chi connectivity index (χ3n) is 16.0.